The van der Waals surface area contributed by atoms with E-state index in [1.807, 2.05) is 0 Å². The first-order valence-electron chi connectivity index (χ1n) is 6.90. The Morgan fingerprint density at radius 2 is 2.11 bits per heavy atom. The normalized spacial score (nSPS) is 15.9. The van der Waals surface area contributed by atoms with Gasteiger partial charge in [0.15, 0.2) is 5.69 Å². The summed E-state index contributed by atoms with van der Waals surface area (Å²) >= 11 is 0. The summed E-state index contributed by atoms with van der Waals surface area (Å²) in [6, 6.07) is 0.473. The van der Waals surface area contributed by atoms with Gasteiger partial charge < -0.3 is 10.0 Å². The van der Waals surface area contributed by atoms with Crippen molar-refractivity contribution in [3.05, 3.63) is 18.1 Å². The van der Waals surface area contributed by atoms with E-state index in [1.165, 1.54) is 19.0 Å². The first-order chi connectivity index (χ1) is 9.08. The van der Waals surface area contributed by atoms with Gasteiger partial charge in [0.05, 0.1) is 12.4 Å². The molecule has 19 heavy (non-hydrogen) atoms. The van der Waals surface area contributed by atoms with E-state index in [9.17, 15) is 4.79 Å². The maximum Gasteiger partial charge on any atom is 0.356 e. The lowest BCUT2D eigenvalue weighted by atomic mass is 10.1. The van der Waals surface area contributed by atoms with Crippen molar-refractivity contribution in [3.63, 3.8) is 0 Å². The molecule has 0 unspecified atom stereocenters. The fourth-order valence-electron chi connectivity index (χ4n) is 2.64. The van der Waals surface area contributed by atoms with Crippen LogP contribution in [-0.2, 0) is 0 Å². The van der Waals surface area contributed by atoms with E-state index in [0.717, 1.165) is 19.4 Å². The SMILES string of the molecule is CC(C)CN(c1cncc(C(=O)O)n1)C1CCCC1. The summed E-state index contributed by atoms with van der Waals surface area (Å²) in [6.07, 6.45) is 7.77. The predicted octanol–water partition coefficient (Wildman–Crippen LogP) is 2.58. The second-order valence-corrected chi connectivity index (χ2v) is 5.55. The molecule has 0 radical (unpaired) electrons. The molecule has 1 saturated carbocycles. The van der Waals surface area contributed by atoms with Crippen LogP contribution in [-0.4, -0.2) is 33.6 Å². The van der Waals surface area contributed by atoms with Crippen LogP contribution in [0.4, 0.5) is 5.82 Å². The summed E-state index contributed by atoms with van der Waals surface area (Å²) in [5.74, 6) is 0.182. The third kappa shape index (κ3) is 3.43. The molecule has 1 aromatic rings. The lowest BCUT2D eigenvalue weighted by Gasteiger charge is -2.31. The molecular weight excluding hydrogens is 242 g/mol. The molecule has 2 rings (SSSR count). The molecule has 104 valence electrons. The van der Waals surface area contributed by atoms with Gasteiger partial charge in [-0.3, -0.25) is 4.98 Å². The first kappa shape index (κ1) is 13.8. The third-order valence-electron chi connectivity index (χ3n) is 3.46. The van der Waals surface area contributed by atoms with Crippen molar-refractivity contribution < 1.29 is 9.90 Å². The molecule has 1 fully saturated rings. The van der Waals surface area contributed by atoms with Crippen molar-refractivity contribution >= 4 is 11.8 Å². The van der Waals surface area contributed by atoms with Gasteiger partial charge in [-0.2, -0.15) is 0 Å². The zero-order valence-electron chi connectivity index (χ0n) is 11.5. The molecule has 5 heteroatoms. The van der Waals surface area contributed by atoms with E-state index in [2.05, 4.69) is 28.7 Å². The van der Waals surface area contributed by atoms with E-state index >= 15 is 0 Å². The molecule has 1 aromatic heterocycles. The molecule has 0 saturated heterocycles. The van der Waals surface area contributed by atoms with Crippen molar-refractivity contribution in [3.8, 4) is 0 Å². The number of aromatic nitrogens is 2. The topological polar surface area (TPSA) is 66.3 Å². The van der Waals surface area contributed by atoms with Crippen molar-refractivity contribution in [1.82, 2.24) is 9.97 Å². The van der Waals surface area contributed by atoms with Gasteiger partial charge in [0.2, 0.25) is 0 Å². The highest BCUT2D eigenvalue weighted by Crippen LogP contribution is 2.27. The molecule has 1 heterocycles. The van der Waals surface area contributed by atoms with E-state index in [1.54, 1.807) is 6.20 Å². The maximum atomic E-state index is 11.0. The molecule has 1 N–H and O–H groups in total. The van der Waals surface area contributed by atoms with Gasteiger partial charge in [0, 0.05) is 12.6 Å². The summed E-state index contributed by atoms with van der Waals surface area (Å²) in [5, 5.41) is 9.02. The van der Waals surface area contributed by atoms with Crippen LogP contribution in [0.3, 0.4) is 0 Å². The molecule has 0 aromatic carbocycles. The van der Waals surface area contributed by atoms with E-state index in [4.69, 9.17) is 5.11 Å². The Kier molecular flexibility index (Phi) is 4.35. The molecule has 0 spiro atoms. The minimum absolute atomic E-state index is 0.0178. The number of nitrogens with zero attached hydrogens (tertiary/aromatic N) is 3. The molecule has 1 aliphatic rings. The quantitative estimate of drug-likeness (QED) is 0.884. The number of carboxylic acids is 1. The number of carboxylic acid groups (broad SMARTS) is 1. The first-order valence-corrected chi connectivity index (χ1v) is 6.90. The average molecular weight is 263 g/mol. The summed E-state index contributed by atoms with van der Waals surface area (Å²) in [4.78, 5) is 21.5. The molecule has 5 nitrogen and oxygen atoms in total. The second-order valence-electron chi connectivity index (χ2n) is 5.55. The summed E-state index contributed by atoms with van der Waals surface area (Å²) < 4.78 is 0. The average Bonchev–Trinajstić information content (AvgIpc) is 2.89. The Hall–Kier alpha value is -1.65. The van der Waals surface area contributed by atoms with Gasteiger partial charge in [-0.25, -0.2) is 9.78 Å². The maximum absolute atomic E-state index is 11.0. The summed E-state index contributed by atoms with van der Waals surface area (Å²) in [7, 11) is 0. The zero-order valence-corrected chi connectivity index (χ0v) is 11.5. The number of aromatic carboxylic acids is 1. The van der Waals surface area contributed by atoms with Gasteiger partial charge in [-0.1, -0.05) is 26.7 Å². The smallest absolute Gasteiger partial charge is 0.356 e. The van der Waals surface area contributed by atoms with Crippen molar-refractivity contribution in [2.45, 2.75) is 45.6 Å². The number of anilines is 1. The Bertz CT molecular complexity index is 442. The van der Waals surface area contributed by atoms with Gasteiger partial charge in [0.1, 0.15) is 5.82 Å². The second kappa shape index (κ2) is 5.99. The molecule has 0 bridgehead atoms. The summed E-state index contributed by atoms with van der Waals surface area (Å²) in [6.45, 7) is 5.22. The van der Waals surface area contributed by atoms with E-state index in [-0.39, 0.29) is 5.69 Å². The molecule has 1 aliphatic carbocycles. The molecular formula is C14H21N3O2. The van der Waals surface area contributed by atoms with Crippen molar-refractivity contribution in [2.75, 3.05) is 11.4 Å². The molecule has 0 amide bonds. The van der Waals surface area contributed by atoms with Crippen LogP contribution in [0.5, 0.6) is 0 Å². The number of hydrogen-bond acceptors (Lipinski definition) is 4. The van der Waals surface area contributed by atoms with Crippen molar-refractivity contribution in [1.29, 1.82) is 0 Å². The van der Waals surface area contributed by atoms with Crippen LogP contribution in [0.1, 0.15) is 50.0 Å². The highest BCUT2D eigenvalue weighted by atomic mass is 16.4. The van der Waals surface area contributed by atoms with Gasteiger partial charge in [-0.15, -0.1) is 0 Å². The van der Waals surface area contributed by atoms with Crippen LogP contribution in [0.25, 0.3) is 0 Å². The predicted molar refractivity (Wildman–Crippen MR) is 73.4 cm³/mol. The Morgan fingerprint density at radius 3 is 2.68 bits per heavy atom. The Labute approximate surface area is 113 Å². The lowest BCUT2D eigenvalue weighted by molar-refractivity contribution is 0.0690. The fraction of sp³-hybridized carbons (Fsp3) is 0.643. The summed E-state index contributed by atoms with van der Waals surface area (Å²) in [5.41, 5.74) is 0.0178. The minimum atomic E-state index is -1.02. The van der Waals surface area contributed by atoms with E-state index < -0.39 is 5.97 Å². The van der Waals surface area contributed by atoms with Gasteiger partial charge in [0.25, 0.3) is 0 Å². The standard InChI is InChI=1S/C14H21N3O2/c1-10(2)9-17(11-5-3-4-6-11)13-8-15-7-12(16-13)14(18)19/h7-8,10-11H,3-6,9H2,1-2H3,(H,18,19). The number of carbonyl (C=O) groups is 1. The largest absolute Gasteiger partial charge is 0.476 e. The molecule has 0 atom stereocenters. The van der Waals surface area contributed by atoms with Gasteiger partial charge in [-0.05, 0) is 18.8 Å². The molecule has 0 aliphatic heterocycles. The van der Waals surface area contributed by atoms with Crippen LogP contribution >= 0.6 is 0 Å². The number of hydrogen-bond donors (Lipinski definition) is 1. The van der Waals surface area contributed by atoms with Crippen LogP contribution in [0.15, 0.2) is 12.4 Å². The lowest BCUT2D eigenvalue weighted by Crippen LogP contribution is -2.37. The van der Waals surface area contributed by atoms with Gasteiger partial charge >= 0.3 is 5.97 Å². The fourth-order valence-corrected chi connectivity index (χ4v) is 2.64. The monoisotopic (exact) mass is 263 g/mol. The van der Waals surface area contributed by atoms with E-state index in [0.29, 0.717) is 17.8 Å². The van der Waals surface area contributed by atoms with Crippen LogP contribution < -0.4 is 4.90 Å². The number of rotatable bonds is 5. The minimum Gasteiger partial charge on any atom is -0.476 e. The van der Waals surface area contributed by atoms with Crippen molar-refractivity contribution in [2.24, 2.45) is 5.92 Å². The highest BCUT2D eigenvalue weighted by Gasteiger charge is 2.25. The highest BCUT2D eigenvalue weighted by molar-refractivity contribution is 5.85. The Morgan fingerprint density at radius 1 is 1.42 bits per heavy atom. The zero-order chi connectivity index (χ0) is 13.8. The Balaban J connectivity index is 2.25. The van der Waals surface area contributed by atoms with Crippen LogP contribution in [0.2, 0.25) is 0 Å². The van der Waals surface area contributed by atoms with Crippen LogP contribution in [0, 0.1) is 5.92 Å². The third-order valence-corrected chi connectivity index (χ3v) is 3.46.